The van der Waals surface area contributed by atoms with Gasteiger partial charge in [-0.1, -0.05) is 0 Å². The molecule has 3 aliphatic rings. The average molecular weight is 309 g/mol. The van der Waals surface area contributed by atoms with Crippen molar-refractivity contribution in [1.82, 2.24) is 20.0 Å². The first-order chi connectivity index (χ1) is 10.3. The Bertz CT molecular complexity index is 367. The molecule has 0 aromatic carbocycles. The molecular formula is C18H36N4. The first kappa shape index (κ1) is 16.7. The van der Waals surface area contributed by atoms with Crippen LogP contribution in [0.5, 0.6) is 0 Å². The van der Waals surface area contributed by atoms with Crippen molar-refractivity contribution in [3.05, 3.63) is 0 Å². The zero-order chi connectivity index (χ0) is 16.0. The minimum atomic E-state index is 0.310. The molecule has 3 heterocycles. The summed E-state index contributed by atoms with van der Waals surface area (Å²) in [6, 6.07) is 0. The maximum atomic E-state index is 3.47. The van der Waals surface area contributed by atoms with Crippen molar-refractivity contribution in [3.63, 3.8) is 0 Å². The quantitative estimate of drug-likeness (QED) is 0.849. The molecule has 2 unspecified atom stereocenters. The minimum Gasteiger partial charge on any atom is -0.314 e. The van der Waals surface area contributed by atoms with Gasteiger partial charge in [-0.2, -0.15) is 0 Å². The normalized spacial score (nSPS) is 32.6. The Hall–Kier alpha value is -0.160. The van der Waals surface area contributed by atoms with Gasteiger partial charge in [0, 0.05) is 70.0 Å². The summed E-state index contributed by atoms with van der Waals surface area (Å²) in [5.74, 6) is 1.80. The zero-order valence-electron chi connectivity index (χ0n) is 15.4. The van der Waals surface area contributed by atoms with Crippen LogP contribution >= 0.6 is 0 Å². The molecule has 0 spiro atoms. The van der Waals surface area contributed by atoms with E-state index in [1.807, 2.05) is 0 Å². The lowest BCUT2D eigenvalue weighted by atomic mass is 10.0. The topological polar surface area (TPSA) is 21.8 Å². The van der Waals surface area contributed by atoms with Crippen molar-refractivity contribution < 1.29 is 0 Å². The van der Waals surface area contributed by atoms with Crippen molar-refractivity contribution in [3.8, 4) is 0 Å². The van der Waals surface area contributed by atoms with Gasteiger partial charge >= 0.3 is 0 Å². The van der Waals surface area contributed by atoms with E-state index in [-0.39, 0.29) is 0 Å². The van der Waals surface area contributed by atoms with Crippen LogP contribution < -0.4 is 5.32 Å². The summed E-state index contributed by atoms with van der Waals surface area (Å²) in [5.41, 5.74) is 0.652. The number of nitrogens with zero attached hydrogens (tertiary/aromatic N) is 3. The van der Waals surface area contributed by atoms with Gasteiger partial charge in [0.25, 0.3) is 0 Å². The second-order valence-electron chi connectivity index (χ2n) is 9.34. The summed E-state index contributed by atoms with van der Waals surface area (Å²) in [7, 11) is 0. The monoisotopic (exact) mass is 308 g/mol. The summed E-state index contributed by atoms with van der Waals surface area (Å²) in [5, 5.41) is 3.47. The Balaban J connectivity index is 1.52. The van der Waals surface area contributed by atoms with Gasteiger partial charge < -0.3 is 10.2 Å². The molecule has 0 radical (unpaired) electrons. The lowest BCUT2D eigenvalue weighted by molar-refractivity contribution is 0.0645. The van der Waals surface area contributed by atoms with Crippen LogP contribution in [0.3, 0.4) is 0 Å². The van der Waals surface area contributed by atoms with E-state index in [2.05, 4.69) is 54.6 Å². The molecule has 0 bridgehead atoms. The van der Waals surface area contributed by atoms with Crippen molar-refractivity contribution in [1.29, 1.82) is 0 Å². The molecule has 0 aromatic heterocycles. The van der Waals surface area contributed by atoms with Crippen LogP contribution in [0.1, 0.15) is 34.6 Å². The van der Waals surface area contributed by atoms with Crippen LogP contribution in [0, 0.1) is 11.8 Å². The van der Waals surface area contributed by atoms with Crippen LogP contribution in [0.25, 0.3) is 0 Å². The molecule has 0 amide bonds. The van der Waals surface area contributed by atoms with Gasteiger partial charge in [-0.3, -0.25) is 9.80 Å². The Kier molecular flexibility index (Phi) is 4.59. The number of piperazine rings is 1. The molecular weight excluding hydrogens is 272 g/mol. The van der Waals surface area contributed by atoms with E-state index in [1.54, 1.807) is 0 Å². The van der Waals surface area contributed by atoms with Crippen LogP contribution in [0.15, 0.2) is 0 Å². The second-order valence-corrected chi connectivity index (χ2v) is 9.34. The third kappa shape index (κ3) is 3.50. The Labute approximate surface area is 137 Å². The summed E-state index contributed by atoms with van der Waals surface area (Å²) < 4.78 is 0. The van der Waals surface area contributed by atoms with Gasteiger partial charge in [-0.25, -0.2) is 0 Å². The fraction of sp³-hybridized carbons (Fsp3) is 1.00. The first-order valence-electron chi connectivity index (χ1n) is 9.19. The maximum Gasteiger partial charge on any atom is 0.0281 e. The first-order valence-corrected chi connectivity index (χ1v) is 9.19. The predicted octanol–water partition coefficient (Wildman–Crippen LogP) is 1.33. The summed E-state index contributed by atoms with van der Waals surface area (Å²) in [6.45, 7) is 23.1. The Morgan fingerprint density at radius 2 is 1.36 bits per heavy atom. The molecule has 3 rings (SSSR count). The van der Waals surface area contributed by atoms with Gasteiger partial charge in [-0.15, -0.1) is 0 Å². The molecule has 3 aliphatic heterocycles. The highest BCUT2D eigenvalue weighted by Gasteiger charge is 2.44. The van der Waals surface area contributed by atoms with E-state index in [0.717, 1.165) is 24.9 Å². The molecule has 22 heavy (non-hydrogen) atoms. The molecule has 1 N–H and O–H groups in total. The number of rotatable bonds is 3. The maximum absolute atomic E-state index is 3.47. The molecule has 3 saturated heterocycles. The summed E-state index contributed by atoms with van der Waals surface area (Å²) in [6.07, 6.45) is 0. The predicted molar refractivity (Wildman–Crippen MR) is 93.3 cm³/mol. The van der Waals surface area contributed by atoms with E-state index in [9.17, 15) is 0 Å². The van der Waals surface area contributed by atoms with E-state index < -0.39 is 0 Å². The molecule has 4 nitrogen and oxygen atoms in total. The molecule has 128 valence electrons. The van der Waals surface area contributed by atoms with Gasteiger partial charge in [0.2, 0.25) is 0 Å². The Morgan fingerprint density at radius 3 is 1.86 bits per heavy atom. The number of hydrogen-bond donors (Lipinski definition) is 1. The lowest BCUT2D eigenvalue weighted by Gasteiger charge is -2.43. The van der Waals surface area contributed by atoms with E-state index >= 15 is 0 Å². The van der Waals surface area contributed by atoms with Gasteiger partial charge in [0.05, 0.1) is 0 Å². The third-order valence-electron chi connectivity index (χ3n) is 6.09. The number of hydrogen-bond acceptors (Lipinski definition) is 4. The SMILES string of the molecule is CC(C)(C)N1CC2CN(CC(C)(C)N3CCNCC3)CC2C1. The highest BCUT2D eigenvalue weighted by Crippen LogP contribution is 2.35. The van der Waals surface area contributed by atoms with E-state index in [4.69, 9.17) is 0 Å². The van der Waals surface area contributed by atoms with E-state index in [0.29, 0.717) is 11.1 Å². The highest BCUT2D eigenvalue weighted by molar-refractivity contribution is 4.98. The lowest BCUT2D eigenvalue weighted by Crippen LogP contribution is -2.57. The van der Waals surface area contributed by atoms with Crippen molar-refractivity contribution in [2.45, 2.75) is 45.7 Å². The van der Waals surface area contributed by atoms with Crippen LogP contribution in [0.2, 0.25) is 0 Å². The minimum absolute atomic E-state index is 0.310. The van der Waals surface area contributed by atoms with Gasteiger partial charge in [0.1, 0.15) is 0 Å². The number of fused-ring (bicyclic) bond motifs is 1. The molecule has 2 atom stereocenters. The van der Waals surface area contributed by atoms with Gasteiger partial charge in [-0.05, 0) is 46.5 Å². The van der Waals surface area contributed by atoms with Crippen LogP contribution in [-0.2, 0) is 0 Å². The molecule has 0 aliphatic carbocycles. The third-order valence-corrected chi connectivity index (χ3v) is 6.09. The summed E-state index contributed by atoms with van der Waals surface area (Å²) >= 11 is 0. The van der Waals surface area contributed by atoms with E-state index in [1.165, 1.54) is 45.8 Å². The fourth-order valence-corrected chi connectivity index (χ4v) is 4.68. The number of likely N-dealkylation sites (tertiary alicyclic amines) is 2. The standard InChI is InChI=1S/C18H36N4/c1-17(2,3)22-12-15-10-20(11-16(15)13-22)14-18(4,5)21-8-6-19-7-9-21/h15-16,19H,6-14H2,1-5H3. The largest absolute Gasteiger partial charge is 0.314 e. The molecule has 3 fully saturated rings. The summed E-state index contributed by atoms with van der Waals surface area (Å²) in [4.78, 5) is 8.12. The van der Waals surface area contributed by atoms with Crippen LogP contribution in [-0.4, -0.2) is 84.7 Å². The van der Waals surface area contributed by atoms with Gasteiger partial charge in [0.15, 0.2) is 0 Å². The second kappa shape index (κ2) is 6.04. The zero-order valence-corrected chi connectivity index (χ0v) is 15.4. The average Bonchev–Trinajstić information content (AvgIpc) is 2.96. The van der Waals surface area contributed by atoms with Crippen molar-refractivity contribution >= 4 is 0 Å². The molecule has 0 aromatic rings. The fourth-order valence-electron chi connectivity index (χ4n) is 4.68. The molecule has 4 heteroatoms. The highest BCUT2D eigenvalue weighted by atomic mass is 15.3. The number of nitrogens with one attached hydrogen (secondary N) is 1. The van der Waals surface area contributed by atoms with Crippen molar-refractivity contribution in [2.24, 2.45) is 11.8 Å². The van der Waals surface area contributed by atoms with Crippen LogP contribution in [0.4, 0.5) is 0 Å². The smallest absolute Gasteiger partial charge is 0.0281 e. The van der Waals surface area contributed by atoms with Crippen molar-refractivity contribution in [2.75, 3.05) is 58.9 Å². The Morgan fingerprint density at radius 1 is 0.818 bits per heavy atom. The molecule has 0 saturated carbocycles.